The Balaban J connectivity index is 5.47. The summed E-state index contributed by atoms with van der Waals surface area (Å²) in [7, 11) is -10.0. The summed E-state index contributed by atoms with van der Waals surface area (Å²) in [5.41, 5.74) is 0. The van der Waals surface area contributed by atoms with Crippen LogP contribution in [0.4, 0.5) is 0 Å². The molecule has 3 N–H and O–H groups in total. The van der Waals surface area contributed by atoms with E-state index < -0.39 is 97.5 Å². The van der Waals surface area contributed by atoms with Gasteiger partial charge in [-0.1, -0.05) is 262 Å². The first-order valence-corrected chi connectivity index (χ1v) is 42.4. The molecule has 17 nitrogen and oxygen atoms in total. The summed E-state index contributed by atoms with van der Waals surface area (Å²) >= 11 is 0. The maximum Gasteiger partial charge on any atom is 0.472 e. The van der Waals surface area contributed by atoms with Crippen LogP contribution in [0.1, 0.15) is 285 Å². The van der Waals surface area contributed by atoms with E-state index in [1.54, 1.807) is 0 Å². The Kier molecular flexibility index (Phi) is 71.6. The van der Waals surface area contributed by atoms with Crippen molar-refractivity contribution in [3.63, 3.8) is 0 Å². The Hall–Kier alpha value is -5.58. The summed E-state index contributed by atoms with van der Waals surface area (Å²) < 4.78 is 68.4. The van der Waals surface area contributed by atoms with Gasteiger partial charge in [-0.05, 0) is 167 Å². The summed E-state index contributed by atoms with van der Waals surface area (Å²) in [6.07, 6.45) is 89.2. The van der Waals surface area contributed by atoms with E-state index in [0.29, 0.717) is 32.1 Å². The number of hydrogen-bond acceptors (Lipinski definition) is 15. The summed E-state index contributed by atoms with van der Waals surface area (Å²) in [6.45, 7) is 4.39. The second-order valence-electron chi connectivity index (χ2n) is 25.5. The van der Waals surface area contributed by atoms with Gasteiger partial charge in [-0.25, -0.2) is 9.13 Å². The zero-order valence-electron chi connectivity index (χ0n) is 64.4. The molecule has 0 spiro atoms. The SMILES string of the molecule is CC/C=C\C/C=C\C/C=C\C/C=C\C/C=C\CCCC(=O)OC(COC(=O)CCCCCCCC/C=C\C/C=C\C/C=C\CCCCC)COP(=O)(O)OCC(O)COP(=O)(O)OCC(COC(=O)CCCC/C=C\C/C=C\C/C=C\C/C=C\CC)OC(=O)CCCCCCC/C=C\C/C=C\CCC. The van der Waals surface area contributed by atoms with Gasteiger partial charge < -0.3 is 33.8 Å². The molecule has 0 aliphatic rings. The van der Waals surface area contributed by atoms with E-state index in [9.17, 15) is 43.2 Å². The molecule has 0 aromatic heterocycles. The van der Waals surface area contributed by atoms with Crippen molar-refractivity contribution < 1.29 is 80.2 Å². The number of carbonyl (C=O) groups is 4. The van der Waals surface area contributed by atoms with Gasteiger partial charge in [-0.2, -0.15) is 0 Å². The summed E-state index contributed by atoms with van der Waals surface area (Å²) in [6, 6.07) is 0. The maximum atomic E-state index is 13.1. The minimum atomic E-state index is -5.01. The molecule has 0 amide bonds. The van der Waals surface area contributed by atoms with Crippen LogP contribution in [0.3, 0.4) is 0 Å². The van der Waals surface area contributed by atoms with Crippen molar-refractivity contribution in [2.24, 2.45) is 0 Å². The molecule has 5 atom stereocenters. The van der Waals surface area contributed by atoms with Gasteiger partial charge in [0.05, 0.1) is 26.4 Å². The standard InChI is InChI=1S/C85H138O17P2/c1-5-9-13-17-21-25-29-33-36-38-39-41-43-47-50-54-58-62-66-70-83(88)96-76-81(102-85(90)72-68-64-60-56-52-48-44-40-37-34-30-26-22-18-14-10-6-2)78-100-104(93,94)98-74-79(86)73-97-103(91,92)99-77-80(101-84(89)71-67-63-59-55-51-45-32-28-24-20-16-12-8-4)75-95-82(87)69-65-61-57-53-49-46-42-35-31-27-23-19-15-11-7-3/h10-11,14-16,20-23,25-28,32-37,39,41-42,44,48-49,53,56,60,79-81,86H,5-9,12-13,17-19,24,29-31,38,40,43,45-47,50-52,54-55,57-59,61-78H2,1-4H3,(H,91,92)(H,93,94)/b14-10-,15-11-,20-16-,25-21-,26-22-,27-23-,32-28-,36-33-,37-34-,41-39-,42-35-,48-44-,53-49-,60-56-. The summed E-state index contributed by atoms with van der Waals surface area (Å²) in [4.78, 5) is 73.0. The zero-order chi connectivity index (χ0) is 76.0. The lowest BCUT2D eigenvalue weighted by Gasteiger charge is -2.21. The molecule has 0 fully saturated rings. The Morgan fingerprint density at radius 2 is 0.529 bits per heavy atom. The highest BCUT2D eigenvalue weighted by atomic mass is 31.2. The second-order valence-corrected chi connectivity index (χ2v) is 28.4. The van der Waals surface area contributed by atoms with Crippen LogP contribution in [0, 0.1) is 0 Å². The topological polar surface area (TPSA) is 237 Å². The predicted octanol–water partition coefficient (Wildman–Crippen LogP) is 23.0. The van der Waals surface area contributed by atoms with Crippen LogP contribution < -0.4 is 0 Å². The third-order valence-electron chi connectivity index (χ3n) is 15.6. The van der Waals surface area contributed by atoms with Crippen molar-refractivity contribution in [3.05, 3.63) is 170 Å². The number of unbranched alkanes of at least 4 members (excludes halogenated alkanes) is 18. The Morgan fingerprint density at radius 1 is 0.279 bits per heavy atom. The third kappa shape index (κ3) is 74.7. The van der Waals surface area contributed by atoms with Crippen molar-refractivity contribution in [2.75, 3.05) is 39.6 Å². The van der Waals surface area contributed by atoms with E-state index in [0.717, 1.165) is 180 Å². The van der Waals surface area contributed by atoms with Crippen LogP contribution in [-0.2, 0) is 65.4 Å². The van der Waals surface area contributed by atoms with Crippen molar-refractivity contribution >= 4 is 39.5 Å². The quantitative estimate of drug-likeness (QED) is 0.0169. The highest BCUT2D eigenvalue weighted by Gasteiger charge is 2.30. The molecule has 0 bridgehead atoms. The first kappa shape index (κ1) is 98.4. The van der Waals surface area contributed by atoms with E-state index in [2.05, 4.69) is 186 Å². The number of carbonyl (C=O) groups excluding carboxylic acids is 4. The number of phosphoric acid groups is 2. The van der Waals surface area contributed by atoms with Crippen LogP contribution in [-0.4, -0.2) is 96.7 Å². The Labute approximate surface area is 629 Å². The number of esters is 4. The molecule has 0 rings (SSSR count). The molecule has 0 aliphatic carbocycles. The normalized spacial score (nSPS) is 14.8. The number of phosphoric ester groups is 2. The smallest absolute Gasteiger partial charge is 0.462 e. The molecule has 0 aromatic carbocycles. The number of aliphatic hydroxyl groups is 1. The summed E-state index contributed by atoms with van der Waals surface area (Å²) in [5.74, 6) is -2.33. The molecule has 590 valence electrons. The lowest BCUT2D eigenvalue weighted by molar-refractivity contribution is -0.161. The summed E-state index contributed by atoms with van der Waals surface area (Å²) in [5, 5.41) is 10.6. The van der Waals surface area contributed by atoms with E-state index in [1.165, 1.54) is 19.3 Å². The monoisotopic (exact) mass is 1490 g/mol. The van der Waals surface area contributed by atoms with Gasteiger partial charge in [0, 0.05) is 25.7 Å². The zero-order valence-corrected chi connectivity index (χ0v) is 66.2. The molecule has 0 aliphatic heterocycles. The molecule has 5 unspecified atom stereocenters. The van der Waals surface area contributed by atoms with Crippen LogP contribution in [0.5, 0.6) is 0 Å². The van der Waals surface area contributed by atoms with Gasteiger partial charge in [-0.3, -0.25) is 37.3 Å². The fraction of sp³-hybridized carbons (Fsp3) is 0.624. The lowest BCUT2D eigenvalue weighted by Crippen LogP contribution is -2.30. The predicted molar refractivity (Wildman–Crippen MR) is 426 cm³/mol. The minimum absolute atomic E-state index is 0.00642. The molecule has 0 saturated carbocycles. The van der Waals surface area contributed by atoms with Crippen LogP contribution in [0.25, 0.3) is 0 Å². The van der Waals surface area contributed by atoms with Crippen molar-refractivity contribution in [2.45, 2.75) is 303 Å². The average molecular weight is 1490 g/mol. The number of rotatable bonds is 72. The van der Waals surface area contributed by atoms with Gasteiger partial charge in [0.1, 0.15) is 19.3 Å². The highest BCUT2D eigenvalue weighted by molar-refractivity contribution is 7.47. The van der Waals surface area contributed by atoms with Crippen molar-refractivity contribution in [3.8, 4) is 0 Å². The van der Waals surface area contributed by atoms with Crippen LogP contribution in [0.15, 0.2) is 170 Å². The first-order valence-electron chi connectivity index (χ1n) is 39.4. The van der Waals surface area contributed by atoms with Crippen molar-refractivity contribution in [1.82, 2.24) is 0 Å². The van der Waals surface area contributed by atoms with Crippen LogP contribution >= 0.6 is 15.6 Å². The number of allylic oxidation sites excluding steroid dienone is 28. The average Bonchev–Trinajstić information content (AvgIpc) is 0.917. The number of hydrogen-bond donors (Lipinski definition) is 3. The second kappa shape index (κ2) is 75.6. The fourth-order valence-electron chi connectivity index (χ4n) is 9.70. The minimum Gasteiger partial charge on any atom is -0.462 e. The van der Waals surface area contributed by atoms with Gasteiger partial charge in [0.2, 0.25) is 0 Å². The maximum absolute atomic E-state index is 13.1. The largest absolute Gasteiger partial charge is 0.472 e. The molecule has 0 aromatic rings. The first-order chi connectivity index (χ1) is 50.7. The van der Waals surface area contributed by atoms with Gasteiger partial charge >= 0.3 is 39.5 Å². The molecule has 0 radical (unpaired) electrons. The Morgan fingerprint density at radius 3 is 0.865 bits per heavy atom. The Bertz CT molecular complexity index is 2640. The van der Waals surface area contributed by atoms with Gasteiger partial charge in [0.25, 0.3) is 0 Å². The van der Waals surface area contributed by atoms with Gasteiger partial charge in [-0.15, -0.1) is 0 Å². The molecule has 104 heavy (non-hydrogen) atoms. The van der Waals surface area contributed by atoms with Crippen LogP contribution in [0.2, 0.25) is 0 Å². The number of ether oxygens (including phenoxy) is 4. The van der Waals surface area contributed by atoms with Gasteiger partial charge in [0.15, 0.2) is 12.2 Å². The molecular weight excluding hydrogens is 1350 g/mol. The molecule has 0 heterocycles. The highest BCUT2D eigenvalue weighted by Crippen LogP contribution is 2.45. The third-order valence-corrected chi connectivity index (χ3v) is 17.5. The fourth-order valence-corrected chi connectivity index (χ4v) is 11.3. The number of aliphatic hydroxyl groups excluding tert-OH is 1. The molecule has 0 saturated heterocycles. The molecular formula is C85H138O17P2. The van der Waals surface area contributed by atoms with E-state index >= 15 is 0 Å². The van der Waals surface area contributed by atoms with E-state index in [4.69, 9.17) is 37.0 Å². The molecule has 19 heteroatoms. The lowest BCUT2D eigenvalue weighted by atomic mass is 10.1. The van der Waals surface area contributed by atoms with E-state index in [1.807, 2.05) is 12.2 Å². The van der Waals surface area contributed by atoms with E-state index in [-0.39, 0.29) is 25.7 Å². The van der Waals surface area contributed by atoms with Crippen molar-refractivity contribution in [1.29, 1.82) is 0 Å².